The fourth-order valence-corrected chi connectivity index (χ4v) is 2.72. The van der Waals surface area contributed by atoms with Gasteiger partial charge in [-0.05, 0) is 25.1 Å². The number of aryl methyl sites for hydroxylation is 1. The van der Waals surface area contributed by atoms with Gasteiger partial charge >= 0.3 is 0 Å². The van der Waals surface area contributed by atoms with Crippen LogP contribution in [0.4, 0.5) is 5.69 Å². The molecule has 0 fully saturated rings. The Labute approximate surface area is 131 Å². The van der Waals surface area contributed by atoms with Gasteiger partial charge in [0.25, 0.3) is 11.7 Å². The third kappa shape index (κ3) is 2.41. The second-order valence-electron chi connectivity index (χ2n) is 4.84. The van der Waals surface area contributed by atoms with Gasteiger partial charge in [-0.25, -0.2) is 4.98 Å². The van der Waals surface area contributed by atoms with Crippen molar-refractivity contribution in [3.8, 4) is 0 Å². The van der Waals surface area contributed by atoms with Crippen LogP contribution in [0.5, 0.6) is 0 Å². The first-order valence-corrected chi connectivity index (χ1v) is 7.00. The number of ketones is 1. The van der Waals surface area contributed by atoms with E-state index in [9.17, 15) is 9.59 Å². The summed E-state index contributed by atoms with van der Waals surface area (Å²) in [6.07, 6.45) is 1.51. The minimum Gasteiger partial charge on any atom is -0.300 e. The molecule has 1 aliphatic rings. The molecule has 0 N–H and O–H groups in total. The van der Waals surface area contributed by atoms with Crippen LogP contribution in [0.1, 0.15) is 21.5 Å². The van der Waals surface area contributed by atoms with E-state index in [0.717, 1.165) is 5.56 Å². The predicted molar refractivity (Wildman–Crippen MR) is 81.0 cm³/mol. The summed E-state index contributed by atoms with van der Waals surface area (Å²) < 4.78 is 0. The monoisotopic (exact) mass is 320 g/mol. The predicted octanol–water partition coefficient (Wildman–Crippen LogP) is 3.43. The van der Waals surface area contributed by atoms with Gasteiger partial charge in [-0.2, -0.15) is 0 Å². The van der Waals surface area contributed by atoms with E-state index in [0.29, 0.717) is 21.8 Å². The third-order valence-corrected chi connectivity index (χ3v) is 3.91. The van der Waals surface area contributed by atoms with E-state index in [1.165, 1.54) is 17.2 Å². The zero-order chi connectivity index (χ0) is 15.1. The van der Waals surface area contributed by atoms with Crippen molar-refractivity contribution in [1.82, 2.24) is 4.98 Å². The molecule has 21 heavy (non-hydrogen) atoms. The number of rotatable bonds is 2. The second kappa shape index (κ2) is 5.13. The van der Waals surface area contributed by atoms with Crippen LogP contribution in [-0.2, 0) is 11.3 Å². The van der Waals surface area contributed by atoms with Crippen molar-refractivity contribution >= 4 is 40.6 Å². The molecular formula is C15H10Cl2N2O2. The van der Waals surface area contributed by atoms with Crippen LogP contribution in [0.25, 0.3) is 0 Å². The average molecular weight is 321 g/mol. The van der Waals surface area contributed by atoms with Crippen molar-refractivity contribution in [3.05, 3.63) is 57.3 Å². The average Bonchev–Trinajstić information content (AvgIpc) is 2.66. The number of aromatic nitrogens is 1. The SMILES string of the molecule is Cc1ccc2c(c1)C(=O)C(=O)N2Cc1cnc(Cl)cc1Cl. The number of anilines is 1. The Morgan fingerprint density at radius 3 is 2.67 bits per heavy atom. The molecule has 106 valence electrons. The summed E-state index contributed by atoms with van der Waals surface area (Å²) in [5.74, 6) is -1.05. The molecule has 0 saturated heterocycles. The van der Waals surface area contributed by atoms with E-state index in [-0.39, 0.29) is 11.7 Å². The normalized spacial score (nSPS) is 13.8. The molecule has 1 amide bonds. The topological polar surface area (TPSA) is 50.3 Å². The highest BCUT2D eigenvalue weighted by Gasteiger charge is 2.35. The summed E-state index contributed by atoms with van der Waals surface area (Å²) in [6, 6.07) is 6.86. The number of fused-ring (bicyclic) bond motifs is 1. The molecule has 0 radical (unpaired) electrons. The largest absolute Gasteiger partial charge is 0.300 e. The van der Waals surface area contributed by atoms with Crippen LogP contribution >= 0.6 is 23.2 Å². The van der Waals surface area contributed by atoms with Crippen LogP contribution in [-0.4, -0.2) is 16.7 Å². The molecule has 2 heterocycles. The summed E-state index contributed by atoms with van der Waals surface area (Å²) in [6.45, 7) is 2.06. The molecule has 4 nitrogen and oxygen atoms in total. The van der Waals surface area contributed by atoms with Gasteiger partial charge in [0.05, 0.1) is 22.8 Å². The van der Waals surface area contributed by atoms with Gasteiger partial charge in [0.2, 0.25) is 0 Å². The van der Waals surface area contributed by atoms with E-state index in [2.05, 4.69) is 4.98 Å². The molecule has 0 spiro atoms. The lowest BCUT2D eigenvalue weighted by atomic mass is 10.1. The Morgan fingerprint density at radius 2 is 1.95 bits per heavy atom. The highest BCUT2D eigenvalue weighted by Crippen LogP contribution is 2.32. The molecular weight excluding hydrogens is 311 g/mol. The van der Waals surface area contributed by atoms with Gasteiger partial charge in [-0.1, -0.05) is 34.8 Å². The molecule has 0 saturated carbocycles. The lowest BCUT2D eigenvalue weighted by molar-refractivity contribution is -0.114. The van der Waals surface area contributed by atoms with Crippen molar-refractivity contribution in [3.63, 3.8) is 0 Å². The lowest BCUT2D eigenvalue weighted by Gasteiger charge is -2.17. The van der Waals surface area contributed by atoms with Crippen LogP contribution in [0, 0.1) is 6.92 Å². The number of carbonyl (C=O) groups is 2. The van der Waals surface area contributed by atoms with Crippen molar-refractivity contribution in [2.24, 2.45) is 0 Å². The minimum absolute atomic E-state index is 0.184. The molecule has 0 atom stereocenters. The summed E-state index contributed by atoms with van der Waals surface area (Å²) in [7, 11) is 0. The van der Waals surface area contributed by atoms with E-state index in [4.69, 9.17) is 23.2 Å². The molecule has 1 aliphatic heterocycles. The summed E-state index contributed by atoms with van der Waals surface area (Å²) >= 11 is 11.9. The Hall–Kier alpha value is -1.91. The standard InChI is InChI=1S/C15H10Cl2N2O2/c1-8-2-3-12-10(4-8)14(20)15(21)19(12)7-9-6-18-13(17)5-11(9)16/h2-6H,7H2,1H3. The van der Waals surface area contributed by atoms with E-state index in [1.54, 1.807) is 12.1 Å². The van der Waals surface area contributed by atoms with Gasteiger partial charge in [0, 0.05) is 11.8 Å². The van der Waals surface area contributed by atoms with Crippen LogP contribution in [0.3, 0.4) is 0 Å². The molecule has 1 aromatic heterocycles. The number of benzene rings is 1. The fraction of sp³-hybridized carbons (Fsp3) is 0.133. The molecule has 3 rings (SSSR count). The highest BCUT2D eigenvalue weighted by atomic mass is 35.5. The maximum absolute atomic E-state index is 12.1. The molecule has 0 unspecified atom stereocenters. The van der Waals surface area contributed by atoms with Gasteiger partial charge in [0.15, 0.2) is 0 Å². The molecule has 2 aromatic rings. The molecule has 0 bridgehead atoms. The quantitative estimate of drug-likeness (QED) is 0.629. The highest BCUT2D eigenvalue weighted by molar-refractivity contribution is 6.52. The first kappa shape index (κ1) is 14.0. The summed E-state index contributed by atoms with van der Waals surface area (Å²) in [5, 5.41) is 0.694. The minimum atomic E-state index is -0.554. The van der Waals surface area contributed by atoms with Crippen molar-refractivity contribution in [1.29, 1.82) is 0 Å². The number of Topliss-reactive ketones (excluding diaryl/α,β-unsaturated/α-hetero) is 1. The third-order valence-electron chi connectivity index (χ3n) is 3.35. The number of hydrogen-bond acceptors (Lipinski definition) is 3. The number of amides is 1. The van der Waals surface area contributed by atoms with Crippen molar-refractivity contribution in [2.75, 3.05) is 4.90 Å². The first-order chi connectivity index (χ1) is 9.97. The fourth-order valence-electron chi connectivity index (χ4n) is 2.29. The molecule has 0 aliphatic carbocycles. The second-order valence-corrected chi connectivity index (χ2v) is 5.63. The Bertz CT molecular complexity index is 774. The van der Waals surface area contributed by atoms with Crippen LogP contribution in [0.15, 0.2) is 30.5 Å². The van der Waals surface area contributed by atoms with Crippen LogP contribution < -0.4 is 4.90 Å². The number of pyridine rings is 1. The van der Waals surface area contributed by atoms with E-state index >= 15 is 0 Å². The van der Waals surface area contributed by atoms with Crippen molar-refractivity contribution < 1.29 is 9.59 Å². The van der Waals surface area contributed by atoms with Gasteiger partial charge < -0.3 is 4.90 Å². The lowest BCUT2D eigenvalue weighted by Crippen LogP contribution is -2.29. The summed E-state index contributed by atoms with van der Waals surface area (Å²) in [5.41, 5.74) is 2.60. The first-order valence-electron chi connectivity index (χ1n) is 6.24. The number of carbonyl (C=O) groups excluding carboxylic acids is 2. The van der Waals surface area contributed by atoms with Crippen molar-refractivity contribution in [2.45, 2.75) is 13.5 Å². The Kier molecular flexibility index (Phi) is 3.43. The zero-order valence-corrected chi connectivity index (χ0v) is 12.6. The van der Waals surface area contributed by atoms with Crippen LogP contribution in [0.2, 0.25) is 10.2 Å². The maximum atomic E-state index is 12.1. The summed E-state index contributed by atoms with van der Waals surface area (Å²) in [4.78, 5) is 29.5. The zero-order valence-electron chi connectivity index (χ0n) is 11.1. The van der Waals surface area contributed by atoms with Gasteiger partial charge in [-0.15, -0.1) is 0 Å². The Balaban J connectivity index is 2.00. The van der Waals surface area contributed by atoms with E-state index < -0.39 is 11.7 Å². The number of halogens is 2. The smallest absolute Gasteiger partial charge is 0.299 e. The van der Waals surface area contributed by atoms with Gasteiger partial charge in [0.1, 0.15) is 5.15 Å². The molecule has 6 heteroatoms. The maximum Gasteiger partial charge on any atom is 0.299 e. The number of nitrogens with zero attached hydrogens (tertiary/aromatic N) is 2. The van der Waals surface area contributed by atoms with Gasteiger partial charge in [-0.3, -0.25) is 9.59 Å². The Morgan fingerprint density at radius 1 is 1.19 bits per heavy atom. The number of hydrogen-bond donors (Lipinski definition) is 0. The molecule has 1 aromatic carbocycles. The van der Waals surface area contributed by atoms with E-state index in [1.807, 2.05) is 13.0 Å².